The van der Waals surface area contributed by atoms with Crippen LogP contribution in [0, 0.1) is 5.92 Å². The van der Waals surface area contributed by atoms with E-state index in [2.05, 4.69) is 4.98 Å². The van der Waals surface area contributed by atoms with Crippen molar-refractivity contribution in [3.8, 4) is 5.75 Å². The van der Waals surface area contributed by atoms with E-state index in [-0.39, 0.29) is 23.5 Å². The zero-order valence-corrected chi connectivity index (χ0v) is 11.9. The molecule has 2 heterocycles. The molecule has 1 fully saturated rings. The molecule has 1 aliphatic rings. The molecular weight excluding hydrogens is 266 g/mol. The molecule has 1 aliphatic heterocycles. The van der Waals surface area contributed by atoms with E-state index < -0.39 is 15.9 Å². The molecule has 6 heteroatoms. The average molecular weight is 285 g/mol. The number of aliphatic hydroxyl groups is 1. The Kier molecular flexibility index (Phi) is 4.10. The highest BCUT2D eigenvalue weighted by atomic mass is 32.2. The van der Waals surface area contributed by atoms with Crippen LogP contribution in [0.5, 0.6) is 5.75 Å². The highest BCUT2D eigenvalue weighted by Gasteiger charge is 2.33. The minimum absolute atomic E-state index is 0.0288. The van der Waals surface area contributed by atoms with Crippen LogP contribution in [0.1, 0.15) is 31.9 Å². The van der Waals surface area contributed by atoms with E-state index in [1.54, 1.807) is 18.5 Å². The number of sulfone groups is 1. The van der Waals surface area contributed by atoms with E-state index in [0.717, 1.165) is 0 Å². The summed E-state index contributed by atoms with van der Waals surface area (Å²) in [6, 6.07) is 1.72. The van der Waals surface area contributed by atoms with Crippen molar-refractivity contribution in [2.24, 2.45) is 5.92 Å². The van der Waals surface area contributed by atoms with Crippen LogP contribution < -0.4 is 4.74 Å². The summed E-state index contributed by atoms with van der Waals surface area (Å²) in [6.07, 6.45) is 2.87. The van der Waals surface area contributed by atoms with E-state index in [9.17, 15) is 13.5 Å². The van der Waals surface area contributed by atoms with Gasteiger partial charge in [0.15, 0.2) is 9.84 Å². The fourth-order valence-corrected chi connectivity index (χ4v) is 4.11. The van der Waals surface area contributed by atoms with Gasteiger partial charge in [-0.05, 0) is 26.3 Å². The second-order valence-electron chi connectivity index (χ2n) is 5.23. The molecule has 0 bridgehead atoms. The molecule has 1 saturated heterocycles. The molecule has 1 aromatic rings. The monoisotopic (exact) mass is 285 g/mol. The van der Waals surface area contributed by atoms with Gasteiger partial charge in [0.1, 0.15) is 5.75 Å². The molecule has 0 amide bonds. The third-order valence-electron chi connectivity index (χ3n) is 3.16. The molecule has 0 aliphatic carbocycles. The van der Waals surface area contributed by atoms with E-state index in [0.29, 0.717) is 17.7 Å². The van der Waals surface area contributed by atoms with Crippen molar-refractivity contribution in [2.45, 2.75) is 32.5 Å². The fraction of sp³-hybridized carbons (Fsp3) is 0.615. The van der Waals surface area contributed by atoms with E-state index in [1.807, 2.05) is 13.8 Å². The zero-order chi connectivity index (χ0) is 14.0. The fourth-order valence-electron chi connectivity index (χ4n) is 2.28. The Balaban J connectivity index is 2.13. The number of aliphatic hydroxyl groups excluding tert-OH is 1. The summed E-state index contributed by atoms with van der Waals surface area (Å²) < 4.78 is 28.4. The highest BCUT2D eigenvalue weighted by molar-refractivity contribution is 7.91. The van der Waals surface area contributed by atoms with Gasteiger partial charge in [-0.2, -0.15) is 0 Å². The van der Waals surface area contributed by atoms with Gasteiger partial charge >= 0.3 is 0 Å². The van der Waals surface area contributed by atoms with Gasteiger partial charge in [-0.15, -0.1) is 0 Å². The molecule has 0 spiro atoms. The molecule has 1 N–H and O–H groups in total. The molecule has 0 saturated carbocycles. The Morgan fingerprint density at radius 3 is 2.74 bits per heavy atom. The Hall–Kier alpha value is -1.14. The van der Waals surface area contributed by atoms with Crippen molar-refractivity contribution in [2.75, 3.05) is 11.5 Å². The summed E-state index contributed by atoms with van der Waals surface area (Å²) in [5.41, 5.74) is 0.611. The van der Waals surface area contributed by atoms with E-state index in [1.165, 1.54) is 0 Å². The maximum absolute atomic E-state index is 11.4. The van der Waals surface area contributed by atoms with Crippen LogP contribution in [0.15, 0.2) is 18.5 Å². The van der Waals surface area contributed by atoms with Crippen LogP contribution in [-0.4, -0.2) is 36.1 Å². The van der Waals surface area contributed by atoms with Crippen molar-refractivity contribution < 1.29 is 18.3 Å². The molecule has 106 valence electrons. The van der Waals surface area contributed by atoms with Gasteiger partial charge in [0, 0.05) is 17.7 Å². The van der Waals surface area contributed by atoms with Gasteiger partial charge < -0.3 is 9.84 Å². The summed E-state index contributed by atoms with van der Waals surface area (Å²) >= 11 is 0. The van der Waals surface area contributed by atoms with Gasteiger partial charge in [-0.1, -0.05) is 0 Å². The summed E-state index contributed by atoms with van der Waals surface area (Å²) in [5, 5.41) is 10.3. The van der Waals surface area contributed by atoms with Gasteiger partial charge in [0.2, 0.25) is 0 Å². The Morgan fingerprint density at radius 1 is 1.42 bits per heavy atom. The van der Waals surface area contributed by atoms with Crippen LogP contribution >= 0.6 is 0 Å². The summed E-state index contributed by atoms with van der Waals surface area (Å²) in [4.78, 5) is 4.03. The Morgan fingerprint density at radius 2 is 2.16 bits per heavy atom. The quantitative estimate of drug-likeness (QED) is 0.903. The minimum atomic E-state index is -2.99. The lowest BCUT2D eigenvalue weighted by atomic mass is 9.96. The third-order valence-corrected chi connectivity index (χ3v) is 4.96. The lowest BCUT2D eigenvalue weighted by molar-refractivity contribution is 0.120. The first-order chi connectivity index (χ1) is 8.87. The molecular formula is C13H19NO4S. The second kappa shape index (κ2) is 5.46. The zero-order valence-electron chi connectivity index (χ0n) is 11.1. The number of ether oxygens (including phenoxy) is 1. The number of nitrogens with zero attached hydrogens (tertiary/aromatic N) is 1. The Bertz CT molecular complexity index is 541. The predicted octanol–water partition coefficient (Wildman–Crippen LogP) is 1.34. The molecule has 2 unspecified atom stereocenters. The summed E-state index contributed by atoms with van der Waals surface area (Å²) in [5.74, 6) is 0.543. The normalized spacial score (nSPS) is 23.5. The van der Waals surface area contributed by atoms with Crippen molar-refractivity contribution in [1.82, 2.24) is 4.98 Å². The van der Waals surface area contributed by atoms with Crippen LogP contribution in [0.3, 0.4) is 0 Å². The first-order valence-electron chi connectivity index (χ1n) is 6.37. The van der Waals surface area contributed by atoms with Gasteiger partial charge in [0.05, 0.1) is 29.9 Å². The summed E-state index contributed by atoms with van der Waals surface area (Å²) in [7, 11) is -2.99. The number of pyridine rings is 1. The maximum Gasteiger partial charge on any atom is 0.150 e. The topological polar surface area (TPSA) is 76.5 Å². The number of aromatic nitrogens is 1. The smallest absolute Gasteiger partial charge is 0.150 e. The maximum atomic E-state index is 11.4. The molecule has 19 heavy (non-hydrogen) atoms. The van der Waals surface area contributed by atoms with Gasteiger partial charge in [-0.25, -0.2) is 8.42 Å². The molecule has 2 atom stereocenters. The minimum Gasteiger partial charge on any atom is -0.489 e. The van der Waals surface area contributed by atoms with Gasteiger partial charge in [-0.3, -0.25) is 4.98 Å². The first-order valence-corrected chi connectivity index (χ1v) is 8.19. The van der Waals surface area contributed by atoms with Crippen molar-refractivity contribution in [3.05, 3.63) is 24.0 Å². The predicted molar refractivity (Wildman–Crippen MR) is 71.7 cm³/mol. The van der Waals surface area contributed by atoms with E-state index >= 15 is 0 Å². The lowest BCUT2D eigenvalue weighted by Gasteiger charge is -2.18. The average Bonchev–Trinajstić information content (AvgIpc) is 2.68. The highest BCUT2D eigenvalue weighted by Crippen LogP contribution is 2.32. The molecule has 2 rings (SSSR count). The largest absolute Gasteiger partial charge is 0.489 e. The number of rotatable bonds is 4. The van der Waals surface area contributed by atoms with Crippen LogP contribution in [0.4, 0.5) is 0 Å². The van der Waals surface area contributed by atoms with Crippen molar-refractivity contribution in [1.29, 1.82) is 0 Å². The molecule has 1 aromatic heterocycles. The van der Waals surface area contributed by atoms with Crippen LogP contribution in [0.25, 0.3) is 0 Å². The second-order valence-corrected chi connectivity index (χ2v) is 7.46. The van der Waals surface area contributed by atoms with Crippen LogP contribution in [-0.2, 0) is 9.84 Å². The number of hydrogen-bond acceptors (Lipinski definition) is 5. The van der Waals surface area contributed by atoms with Gasteiger partial charge in [0.25, 0.3) is 0 Å². The van der Waals surface area contributed by atoms with Crippen molar-refractivity contribution in [3.63, 3.8) is 0 Å². The van der Waals surface area contributed by atoms with Crippen molar-refractivity contribution >= 4 is 9.84 Å². The first kappa shape index (κ1) is 14.3. The summed E-state index contributed by atoms with van der Waals surface area (Å²) in [6.45, 7) is 3.82. The molecule has 0 radical (unpaired) electrons. The standard InChI is InChI=1S/C13H19NO4S/c1-9(2)18-12-5-11(6-14-7-12)13(15)10-3-4-19(16,17)8-10/h5-7,9-10,13,15H,3-4,8H2,1-2H3. The van der Waals surface area contributed by atoms with E-state index in [4.69, 9.17) is 4.74 Å². The molecule has 0 aromatic carbocycles. The number of hydrogen-bond donors (Lipinski definition) is 1. The molecule has 5 nitrogen and oxygen atoms in total. The third kappa shape index (κ3) is 3.67. The SMILES string of the molecule is CC(C)Oc1cncc(C(O)C2CCS(=O)(=O)C2)c1. The lowest BCUT2D eigenvalue weighted by Crippen LogP contribution is -2.15. The Labute approximate surface area is 113 Å². The van der Waals surface area contributed by atoms with Crippen LogP contribution in [0.2, 0.25) is 0 Å².